The topological polar surface area (TPSA) is 59.3 Å². The van der Waals surface area contributed by atoms with Gasteiger partial charge in [0.05, 0.1) is 6.04 Å². The molecule has 1 heterocycles. The molecule has 1 amide bonds. The van der Waals surface area contributed by atoms with Gasteiger partial charge in [-0.15, -0.1) is 0 Å². The maximum atomic E-state index is 12.0. The average Bonchev–Trinajstić information content (AvgIpc) is 2.96. The summed E-state index contributed by atoms with van der Waals surface area (Å²) in [6.07, 6.45) is 6.27. The second kappa shape index (κ2) is 7.95. The second-order valence-electron chi connectivity index (χ2n) is 6.94. The molecule has 0 bridgehead atoms. The summed E-state index contributed by atoms with van der Waals surface area (Å²) in [5, 5.41) is 8.45. The molecule has 1 fully saturated rings. The fourth-order valence-electron chi connectivity index (χ4n) is 3.05. The number of hydrogen-bond donors (Lipinski definition) is 1. The van der Waals surface area contributed by atoms with Gasteiger partial charge in [-0.2, -0.15) is 5.10 Å². The SMILES string of the molecule is CC(C)NC(=O)c1ccc(-c2nn(C)/c(=N\C3CCCCC3)s2)cc1. The quantitative estimate of drug-likeness (QED) is 0.909. The molecule has 0 spiro atoms. The zero-order chi connectivity index (χ0) is 17.8. The highest BCUT2D eigenvalue weighted by molar-refractivity contribution is 7.12. The molecule has 0 aliphatic heterocycles. The summed E-state index contributed by atoms with van der Waals surface area (Å²) < 4.78 is 1.87. The lowest BCUT2D eigenvalue weighted by atomic mass is 9.96. The number of carbonyl (C=O) groups is 1. The van der Waals surface area contributed by atoms with Crippen molar-refractivity contribution in [2.75, 3.05) is 0 Å². The molecule has 0 unspecified atom stereocenters. The standard InChI is InChI=1S/C19H26N4OS/c1-13(2)20-17(24)14-9-11-15(12-10-14)18-22-23(3)19(25-18)21-16-7-5-4-6-8-16/h9-13,16H,4-8H2,1-3H3,(H,20,24)/b21-19+. The Morgan fingerprint density at radius 1 is 1.24 bits per heavy atom. The van der Waals surface area contributed by atoms with Crippen LogP contribution in [0.15, 0.2) is 29.3 Å². The van der Waals surface area contributed by atoms with E-state index < -0.39 is 0 Å². The van der Waals surface area contributed by atoms with E-state index in [1.165, 1.54) is 32.1 Å². The van der Waals surface area contributed by atoms with Gasteiger partial charge in [-0.1, -0.05) is 42.7 Å². The molecule has 1 aliphatic rings. The molecule has 1 aromatic heterocycles. The van der Waals surface area contributed by atoms with E-state index in [1.807, 2.05) is 49.8 Å². The van der Waals surface area contributed by atoms with Gasteiger partial charge in [-0.3, -0.25) is 9.79 Å². The Morgan fingerprint density at radius 3 is 2.56 bits per heavy atom. The number of nitrogens with one attached hydrogen (secondary N) is 1. The normalized spacial score (nSPS) is 16.4. The largest absolute Gasteiger partial charge is 0.350 e. The summed E-state index contributed by atoms with van der Waals surface area (Å²) in [6, 6.07) is 8.19. The van der Waals surface area contributed by atoms with Crippen molar-refractivity contribution in [1.82, 2.24) is 15.1 Å². The molecular formula is C19H26N4OS. The van der Waals surface area contributed by atoms with Gasteiger partial charge in [0.25, 0.3) is 5.91 Å². The third-order valence-corrected chi connectivity index (χ3v) is 5.45. The smallest absolute Gasteiger partial charge is 0.251 e. The molecular weight excluding hydrogens is 332 g/mol. The average molecular weight is 359 g/mol. The van der Waals surface area contributed by atoms with Crippen LogP contribution >= 0.6 is 11.3 Å². The first-order chi connectivity index (χ1) is 12.0. The van der Waals surface area contributed by atoms with Gasteiger partial charge >= 0.3 is 0 Å². The molecule has 0 saturated heterocycles. The van der Waals surface area contributed by atoms with E-state index in [9.17, 15) is 4.79 Å². The molecule has 1 N–H and O–H groups in total. The number of amides is 1. The van der Waals surface area contributed by atoms with Crippen molar-refractivity contribution in [2.45, 2.75) is 58.0 Å². The first kappa shape index (κ1) is 17.9. The summed E-state index contributed by atoms with van der Waals surface area (Å²) in [4.78, 5) is 17.9. The van der Waals surface area contributed by atoms with Crippen molar-refractivity contribution >= 4 is 17.2 Å². The predicted octanol–water partition coefficient (Wildman–Crippen LogP) is 3.52. The maximum absolute atomic E-state index is 12.0. The molecule has 5 nitrogen and oxygen atoms in total. The van der Waals surface area contributed by atoms with E-state index in [0.29, 0.717) is 11.6 Å². The minimum absolute atomic E-state index is 0.0424. The predicted molar refractivity (Wildman–Crippen MR) is 102 cm³/mol. The molecule has 6 heteroatoms. The second-order valence-corrected chi connectivity index (χ2v) is 7.90. The van der Waals surface area contributed by atoms with Gasteiger partial charge < -0.3 is 5.32 Å². The van der Waals surface area contributed by atoms with Crippen LogP contribution in [0.3, 0.4) is 0 Å². The lowest BCUT2D eigenvalue weighted by Gasteiger charge is -2.16. The third kappa shape index (κ3) is 4.57. The van der Waals surface area contributed by atoms with Gasteiger partial charge in [0.2, 0.25) is 4.80 Å². The molecule has 1 aliphatic carbocycles. The lowest BCUT2D eigenvalue weighted by molar-refractivity contribution is 0.0943. The monoisotopic (exact) mass is 358 g/mol. The lowest BCUT2D eigenvalue weighted by Crippen LogP contribution is -2.29. The first-order valence-corrected chi connectivity index (χ1v) is 9.84. The van der Waals surface area contributed by atoms with Crippen molar-refractivity contribution < 1.29 is 4.79 Å². The summed E-state index contributed by atoms with van der Waals surface area (Å²) in [5.74, 6) is -0.0424. The molecule has 25 heavy (non-hydrogen) atoms. The minimum Gasteiger partial charge on any atom is -0.350 e. The number of aryl methyl sites for hydroxylation is 1. The van der Waals surface area contributed by atoms with Crippen molar-refractivity contribution in [3.05, 3.63) is 34.6 Å². The molecule has 3 rings (SSSR count). The van der Waals surface area contributed by atoms with E-state index in [4.69, 9.17) is 4.99 Å². The highest BCUT2D eigenvalue weighted by Crippen LogP contribution is 2.22. The Bertz CT molecular complexity index is 783. The zero-order valence-corrected chi connectivity index (χ0v) is 16.0. The van der Waals surface area contributed by atoms with Gasteiger partial charge in [0.1, 0.15) is 5.01 Å². The fraction of sp³-hybridized carbons (Fsp3) is 0.526. The van der Waals surface area contributed by atoms with E-state index >= 15 is 0 Å². The van der Waals surface area contributed by atoms with Crippen molar-refractivity contribution in [2.24, 2.45) is 12.0 Å². The number of carbonyl (C=O) groups excluding carboxylic acids is 1. The minimum atomic E-state index is -0.0424. The summed E-state index contributed by atoms with van der Waals surface area (Å²) in [7, 11) is 1.95. The molecule has 1 saturated carbocycles. The molecule has 1 aromatic carbocycles. The molecule has 2 aromatic rings. The van der Waals surface area contributed by atoms with Gasteiger partial charge in [0, 0.05) is 24.2 Å². The van der Waals surface area contributed by atoms with Crippen LogP contribution in [0.1, 0.15) is 56.3 Å². The summed E-state index contributed by atoms with van der Waals surface area (Å²) in [5.41, 5.74) is 1.69. The Kier molecular flexibility index (Phi) is 5.68. The molecule has 134 valence electrons. The van der Waals surface area contributed by atoms with Crippen molar-refractivity contribution in [3.8, 4) is 10.6 Å². The van der Waals surface area contributed by atoms with Crippen LogP contribution in [0.25, 0.3) is 10.6 Å². The van der Waals surface area contributed by atoms with Crippen molar-refractivity contribution in [1.29, 1.82) is 0 Å². The Labute approximate surface area is 152 Å². The van der Waals surface area contributed by atoms with Gasteiger partial charge in [0.15, 0.2) is 0 Å². The first-order valence-electron chi connectivity index (χ1n) is 9.02. The van der Waals surface area contributed by atoms with Crippen LogP contribution in [-0.4, -0.2) is 27.8 Å². The number of aromatic nitrogens is 2. The third-order valence-electron chi connectivity index (χ3n) is 4.39. The molecule has 0 radical (unpaired) electrons. The van der Waals surface area contributed by atoms with E-state index in [1.54, 1.807) is 11.3 Å². The van der Waals surface area contributed by atoms with Crippen LogP contribution in [0.4, 0.5) is 0 Å². The number of benzene rings is 1. The van der Waals surface area contributed by atoms with Crippen LogP contribution in [0, 0.1) is 0 Å². The highest BCUT2D eigenvalue weighted by Gasteiger charge is 2.13. The number of rotatable bonds is 4. The van der Waals surface area contributed by atoms with Gasteiger partial charge in [-0.25, -0.2) is 4.68 Å². The number of nitrogens with zero attached hydrogens (tertiary/aromatic N) is 3. The van der Waals surface area contributed by atoms with Crippen LogP contribution in [-0.2, 0) is 7.05 Å². The summed E-state index contributed by atoms with van der Waals surface area (Å²) in [6.45, 7) is 3.92. The van der Waals surface area contributed by atoms with Gasteiger partial charge in [-0.05, 0) is 38.8 Å². The van der Waals surface area contributed by atoms with Crippen LogP contribution < -0.4 is 10.1 Å². The molecule has 0 atom stereocenters. The van der Waals surface area contributed by atoms with E-state index in [-0.39, 0.29) is 11.9 Å². The zero-order valence-electron chi connectivity index (χ0n) is 15.2. The van der Waals surface area contributed by atoms with E-state index in [0.717, 1.165) is 15.4 Å². The Hall–Kier alpha value is -1.95. The number of hydrogen-bond acceptors (Lipinski definition) is 4. The Balaban J connectivity index is 1.79. The summed E-state index contributed by atoms with van der Waals surface area (Å²) >= 11 is 1.62. The highest BCUT2D eigenvalue weighted by atomic mass is 32.1. The van der Waals surface area contributed by atoms with Crippen LogP contribution in [0.2, 0.25) is 0 Å². The van der Waals surface area contributed by atoms with E-state index in [2.05, 4.69) is 10.4 Å². The Morgan fingerprint density at radius 2 is 1.92 bits per heavy atom. The maximum Gasteiger partial charge on any atom is 0.251 e. The van der Waals surface area contributed by atoms with Crippen molar-refractivity contribution in [3.63, 3.8) is 0 Å². The van der Waals surface area contributed by atoms with Crippen LogP contribution in [0.5, 0.6) is 0 Å². The fourth-order valence-corrected chi connectivity index (χ4v) is 4.02.